The van der Waals surface area contributed by atoms with E-state index in [1.807, 2.05) is 24.3 Å². The van der Waals surface area contributed by atoms with Crippen molar-refractivity contribution in [2.24, 2.45) is 5.92 Å². The largest absolute Gasteiger partial charge is 0.298 e. The highest BCUT2D eigenvalue weighted by atomic mass is 16.1. The summed E-state index contributed by atoms with van der Waals surface area (Å²) in [6, 6.07) is 7.19. The Morgan fingerprint density at radius 2 is 2.00 bits per heavy atom. The molecule has 0 aliphatic rings. The van der Waals surface area contributed by atoms with E-state index in [-0.39, 0.29) is 0 Å². The van der Waals surface area contributed by atoms with Crippen molar-refractivity contribution in [1.29, 1.82) is 0 Å². The quantitative estimate of drug-likeness (QED) is 0.432. The highest BCUT2D eigenvalue weighted by Gasteiger charge is 1.90. The molecular weight excluding hydrogens is 244 g/mol. The molecule has 0 heterocycles. The predicted molar refractivity (Wildman–Crippen MR) is 85.6 cm³/mol. The minimum atomic E-state index is 0.572. The summed E-state index contributed by atoms with van der Waals surface area (Å²) in [5, 5.41) is 0. The third-order valence-electron chi connectivity index (χ3n) is 2.93. The molecular formula is C19H20O. The van der Waals surface area contributed by atoms with Crippen molar-refractivity contribution >= 4 is 6.29 Å². The van der Waals surface area contributed by atoms with Crippen LogP contribution in [0.1, 0.15) is 36.2 Å². The zero-order valence-electron chi connectivity index (χ0n) is 12.1. The first-order valence-electron chi connectivity index (χ1n) is 6.76. The van der Waals surface area contributed by atoms with Crippen LogP contribution in [0.4, 0.5) is 0 Å². The Balaban J connectivity index is 2.56. The average Bonchev–Trinajstić information content (AvgIpc) is 2.49. The fourth-order valence-electron chi connectivity index (χ4n) is 1.40. The van der Waals surface area contributed by atoms with Gasteiger partial charge in [-0.25, -0.2) is 0 Å². The molecule has 1 rings (SSSR count). The molecule has 0 radical (unpaired) electrons. The molecule has 0 saturated carbocycles. The normalized spacial score (nSPS) is 12.1. The molecule has 1 heteroatoms. The highest BCUT2D eigenvalue weighted by molar-refractivity contribution is 5.74. The van der Waals surface area contributed by atoms with Gasteiger partial charge in [0, 0.05) is 11.1 Å². The van der Waals surface area contributed by atoms with E-state index >= 15 is 0 Å². The first kappa shape index (κ1) is 15.7. The molecule has 1 aromatic rings. The summed E-state index contributed by atoms with van der Waals surface area (Å²) in [4.78, 5) is 10.5. The lowest BCUT2D eigenvalue weighted by molar-refractivity contribution is 0.112. The van der Waals surface area contributed by atoms with Gasteiger partial charge in [0.15, 0.2) is 0 Å². The van der Waals surface area contributed by atoms with Gasteiger partial charge in [-0.1, -0.05) is 63.0 Å². The molecule has 1 atom stereocenters. The lowest BCUT2D eigenvalue weighted by atomic mass is 10.1. The van der Waals surface area contributed by atoms with Crippen molar-refractivity contribution < 1.29 is 4.79 Å². The van der Waals surface area contributed by atoms with Crippen molar-refractivity contribution in [3.05, 3.63) is 71.8 Å². The van der Waals surface area contributed by atoms with Crippen LogP contribution in [-0.4, -0.2) is 6.29 Å². The van der Waals surface area contributed by atoms with E-state index in [9.17, 15) is 4.79 Å². The maximum absolute atomic E-state index is 10.5. The van der Waals surface area contributed by atoms with Crippen LogP contribution in [0, 0.1) is 17.8 Å². The third kappa shape index (κ3) is 6.02. The van der Waals surface area contributed by atoms with Gasteiger partial charge in [0.1, 0.15) is 6.29 Å². The van der Waals surface area contributed by atoms with Crippen LogP contribution in [0.2, 0.25) is 0 Å². The van der Waals surface area contributed by atoms with Crippen LogP contribution < -0.4 is 0 Å². The van der Waals surface area contributed by atoms with E-state index < -0.39 is 0 Å². The van der Waals surface area contributed by atoms with Crippen molar-refractivity contribution in [2.75, 3.05) is 0 Å². The van der Waals surface area contributed by atoms with Crippen LogP contribution >= 0.6 is 0 Å². The molecule has 0 aliphatic carbocycles. The lowest BCUT2D eigenvalue weighted by Crippen LogP contribution is -1.83. The third-order valence-corrected chi connectivity index (χ3v) is 2.93. The molecule has 0 amide bonds. The molecule has 0 spiro atoms. The van der Waals surface area contributed by atoms with Crippen LogP contribution in [-0.2, 0) is 0 Å². The predicted octanol–water partition coefficient (Wildman–Crippen LogP) is 4.57. The van der Waals surface area contributed by atoms with Crippen molar-refractivity contribution in [2.45, 2.75) is 20.3 Å². The maximum atomic E-state index is 10.5. The van der Waals surface area contributed by atoms with Crippen molar-refractivity contribution in [1.82, 2.24) is 0 Å². The topological polar surface area (TPSA) is 17.1 Å². The number of hydrogen-bond acceptors (Lipinski definition) is 1. The van der Waals surface area contributed by atoms with Crippen molar-refractivity contribution in [3.63, 3.8) is 0 Å². The highest BCUT2D eigenvalue weighted by Crippen LogP contribution is 2.05. The molecule has 1 aromatic carbocycles. The van der Waals surface area contributed by atoms with Gasteiger partial charge in [0.25, 0.3) is 0 Å². The molecule has 0 aliphatic heterocycles. The number of carbonyl (C=O) groups is 1. The molecule has 1 unspecified atom stereocenters. The Morgan fingerprint density at radius 1 is 1.30 bits per heavy atom. The molecule has 0 N–H and O–H groups in total. The number of rotatable bonds is 5. The summed E-state index contributed by atoms with van der Waals surface area (Å²) in [6.45, 7) is 8.29. The van der Waals surface area contributed by atoms with Crippen LogP contribution in [0.3, 0.4) is 0 Å². The van der Waals surface area contributed by atoms with E-state index in [1.165, 1.54) is 0 Å². The minimum absolute atomic E-state index is 0.572. The zero-order chi connectivity index (χ0) is 14.8. The Kier molecular flexibility index (Phi) is 6.85. The van der Waals surface area contributed by atoms with Crippen molar-refractivity contribution in [3.8, 4) is 11.8 Å². The molecule has 102 valence electrons. The molecule has 0 fully saturated rings. The van der Waals surface area contributed by atoms with Crippen LogP contribution in [0.15, 0.2) is 60.7 Å². The van der Waals surface area contributed by atoms with Gasteiger partial charge in [-0.15, -0.1) is 0 Å². The average molecular weight is 264 g/mol. The van der Waals surface area contributed by atoms with Gasteiger partial charge in [-0.3, -0.25) is 4.79 Å². The fraction of sp³-hybridized carbons (Fsp3) is 0.211. The number of aldehydes is 1. The second kappa shape index (κ2) is 8.72. The number of allylic oxidation sites excluding steroid dienone is 5. The first-order valence-corrected chi connectivity index (χ1v) is 6.76. The summed E-state index contributed by atoms with van der Waals surface area (Å²) in [7, 11) is 0. The lowest BCUT2D eigenvalue weighted by Gasteiger charge is -1.98. The van der Waals surface area contributed by atoms with E-state index in [2.05, 4.69) is 38.3 Å². The second-order valence-electron chi connectivity index (χ2n) is 4.66. The molecule has 1 nitrogen and oxygen atoms in total. The summed E-state index contributed by atoms with van der Waals surface area (Å²) < 4.78 is 0. The van der Waals surface area contributed by atoms with E-state index in [0.717, 1.165) is 23.8 Å². The fourth-order valence-corrected chi connectivity index (χ4v) is 1.40. The van der Waals surface area contributed by atoms with Gasteiger partial charge < -0.3 is 0 Å². The molecule has 0 aromatic heterocycles. The Labute approximate surface area is 121 Å². The molecule has 0 bridgehead atoms. The van der Waals surface area contributed by atoms with E-state index in [4.69, 9.17) is 0 Å². The summed E-state index contributed by atoms with van der Waals surface area (Å²) in [6.07, 6.45) is 9.81. The SMILES string of the molecule is C=C(/C=C\C(C)CC)/C=C/C#Cc1ccc(C=O)cc1. The zero-order valence-corrected chi connectivity index (χ0v) is 12.1. The van der Waals surface area contributed by atoms with Gasteiger partial charge in [0.2, 0.25) is 0 Å². The van der Waals surface area contributed by atoms with Gasteiger partial charge >= 0.3 is 0 Å². The minimum Gasteiger partial charge on any atom is -0.298 e. The molecule has 20 heavy (non-hydrogen) atoms. The van der Waals surface area contributed by atoms with Gasteiger partial charge in [0.05, 0.1) is 0 Å². The summed E-state index contributed by atoms with van der Waals surface area (Å²) >= 11 is 0. The maximum Gasteiger partial charge on any atom is 0.150 e. The Bertz CT molecular complexity index is 562. The van der Waals surface area contributed by atoms with E-state index in [0.29, 0.717) is 11.5 Å². The Morgan fingerprint density at radius 3 is 2.60 bits per heavy atom. The van der Waals surface area contributed by atoms with Gasteiger partial charge in [-0.2, -0.15) is 0 Å². The Hall–Kier alpha value is -2.33. The first-order chi connectivity index (χ1) is 9.65. The van der Waals surface area contributed by atoms with Crippen LogP contribution in [0.5, 0.6) is 0 Å². The van der Waals surface area contributed by atoms with Gasteiger partial charge in [-0.05, 0) is 35.8 Å². The standard InChI is InChI=1S/C19H20O/c1-4-16(2)9-10-17(3)7-5-6-8-18-11-13-19(15-20)14-12-18/h5,7,9-16H,3-4H2,1-2H3/b7-5+,10-9-. The van der Waals surface area contributed by atoms with E-state index in [1.54, 1.807) is 18.2 Å². The monoisotopic (exact) mass is 264 g/mol. The smallest absolute Gasteiger partial charge is 0.150 e. The van der Waals surface area contributed by atoms with Crippen LogP contribution in [0.25, 0.3) is 0 Å². The summed E-state index contributed by atoms with van der Waals surface area (Å²) in [5.41, 5.74) is 2.49. The second-order valence-corrected chi connectivity index (χ2v) is 4.66. The molecule has 0 saturated heterocycles. The number of hydrogen-bond donors (Lipinski definition) is 0. The number of carbonyl (C=O) groups excluding carboxylic acids is 1. The number of benzene rings is 1. The summed E-state index contributed by atoms with van der Waals surface area (Å²) in [5.74, 6) is 6.54.